The van der Waals surface area contributed by atoms with Gasteiger partial charge < -0.3 is 10.1 Å². The minimum absolute atomic E-state index is 0.316. The molecule has 0 bridgehead atoms. The minimum Gasteiger partial charge on any atom is -0.481 e. The Hall–Kier alpha value is -2.10. The Morgan fingerprint density at radius 1 is 1.11 bits per heavy atom. The van der Waals surface area contributed by atoms with Crippen molar-refractivity contribution in [3.05, 3.63) is 59.7 Å². The Kier molecular flexibility index (Phi) is 2.63. The summed E-state index contributed by atoms with van der Waals surface area (Å²) in [7, 11) is 0. The molecule has 0 aliphatic carbocycles. The molecule has 1 atom stereocenters. The summed E-state index contributed by atoms with van der Waals surface area (Å²) < 4.78 is 32.4. The molecule has 0 radical (unpaired) electrons. The number of benzene rings is 2. The number of nitrogens with one attached hydrogen (secondary N) is 1. The van der Waals surface area contributed by atoms with Crippen LogP contribution in [0, 0.1) is 11.6 Å². The first kappa shape index (κ1) is 11.0. The second kappa shape index (κ2) is 4.29. The van der Waals surface area contributed by atoms with Crippen LogP contribution in [0.25, 0.3) is 0 Å². The van der Waals surface area contributed by atoms with E-state index in [0.29, 0.717) is 17.9 Å². The largest absolute Gasteiger partial charge is 0.481 e. The standard InChI is InChI=1S/C14H11F2NO/c15-9-5-6-12-13(7-9)18-14(8-17-12)10-3-1-2-4-11(10)16/h1-7,14,17H,8H2. The summed E-state index contributed by atoms with van der Waals surface area (Å²) in [6, 6.07) is 10.7. The number of hydrogen-bond acceptors (Lipinski definition) is 2. The lowest BCUT2D eigenvalue weighted by Crippen LogP contribution is -2.24. The monoisotopic (exact) mass is 247 g/mol. The maximum absolute atomic E-state index is 13.6. The normalized spacial score (nSPS) is 17.6. The van der Waals surface area contributed by atoms with E-state index >= 15 is 0 Å². The molecule has 18 heavy (non-hydrogen) atoms. The molecule has 2 aromatic rings. The minimum atomic E-state index is -0.444. The molecule has 4 heteroatoms. The third-order valence-electron chi connectivity index (χ3n) is 2.94. The van der Waals surface area contributed by atoms with Crippen molar-refractivity contribution in [1.82, 2.24) is 0 Å². The van der Waals surface area contributed by atoms with Crippen LogP contribution in [0.3, 0.4) is 0 Å². The molecule has 2 aromatic carbocycles. The molecule has 2 nitrogen and oxygen atoms in total. The zero-order valence-corrected chi connectivity index (χ0v) is 9.49. The molecule has 1 N–H and O–H groups in total. The first-order valence-corrected chi connectivity index (χ1v) is 5.68. The van der Waals surface area contributed by atoms with Crippen molar-refractivity contribution in [2.24, 2.45) is 0 Å². The average molecular weight is 247 g/mol. The predicted octanol–water partition coefficient (Wildman–Crippen LogP) is 3.51. The summed E-state index contributed by atoms with van der Waals surface area (Å²) in [5.74, 6) is -0.275. The van der Waals surface area contributed by atoms with Crippen molar-refractivity contribution in [2.75, 3.05) is 11.9 Å². The number of halogens is 2. The van der Waals surface area contributed by atoms with Crippen molar-refractivity contribution in [3.63, 3.8) is 0 Å². The number of ether oxygens (including phenoxy) is 1. The van der Waals surface area contributed by atoms with Crippen LogP contribution >= 0.6 is 0 Å². The van der Waals surface area contributed by atoms with Gasteiger partial charge >= 0.3 is 0 Å². The quantitative estimate of drug-likeness (QED) is 0.832. The first-order valence-electron chi connectivity index (χ1n) is 5.68. The van der Waals surface area contributed by atoms with Gasteiger partial charge in [-0.15, -0.1) is 0 Å². The van der Waals surface area contributed by atoms with E-state index in [1.165, 1.54) is 18.2 Å². The molecule has 3 rings (SSSR count). The summed E-state index contributed by atoms with van der Waals surface area (Å²) in [6.45, 7) is 0.458. The number of rotatable bonds is 1. The number of hydrogen-bond donors (Lipinski definition) is 1. The molecule has 0 amide bonds. The number of anilines is 1. The lowest BCUT2D eigenvalue weighted by molar-refractivity contribution is 0.204. The molecule has 1 unspecified atom stereocenters. The maximum Gasteiger partial charge on any atom is 0.146 e. The van der Waals surface area contributed by atoms with Gasteiger partial charge in [-0.05, 0) is 18.2 Å². The topological polar surface area (TPSA) is 21.3 Å². The van der Waals surface area contributed by atoms with E-state index in [2.05, 4.69) is 5.32 Å². The van der Waals surface area contributed by atoms with Crippen molar-refractivity contribution in [2.45, 2.75) is 6.10 Å². The van der Waals surface area contributed by atoms with Gasteiger partial charge in [-0.1, -0.05) is 18.2 Å². The van der Waals surface area contributed by atoms with Crippen LogP contribution in [0.5, 0.6) is 5.75 Å². The smallest absolute Gasteiger partial charge is 0.146 e. The van der Waals surface area contributed by atoms with E-state index in [1.54, 1.807) is 24.3 Å². The van der Waals surface area contributed by atoms with Gasteiger partial charge in [-0.2, -0.15) is 0 Å². The Morgan fingerprint density at radius 3 is 2.78 bits per heavy atom. The van der Waals surface area contributed by atoms with E-state index in [1.807, 2.05) is 0 Å². The molecule has 92 valence electrons. The van der Waals surface area contributed by atoms with Crippen molar-refractivity contribution in [3.8, 4) is 5.75 Å². The fourth-order valence-electron chi connectivity index (χ4n) is 2.05. The third-order valence-corrected chi connectivity index (χ3v) is 2.94. The van der Waals surface area contributed by atoms with E-state index in [4.69, 9.17) is 4.74 Å². The average Bonchev–Trinajstić information content (AvgIpc) is 2.38. The van der Waals surface area contributed by atoms with E-state index in [-0.39, 0.29) is 11.6 Å². The van der Waals surface area contributed by atoms with Crippen molar-refractivity contribution >= 4 is 5.69 Å². The zero-order chi connectivity index (χ0) is 12.5. The lowest BCUT2D eigenvalue weighted by Gasteiger charge is -2.27. The highest BCUT2D eigenvalue weighted by Gasteiger charge is 2.23. The van der Waals surface area contributed by atoms with Gasteiger partial charge in [0.15, 0.2) is 0 Å². The van der Waals surface area contributed by atoms with E-state index < -0.39 is 6.10 Å². The predicted molar refractivity (Wildman–Crippen MR) is 64.7 cm³/mol. The van der Waals surface area contributed by atoms with Gasteiger partial charge in [0.2, 0.25) is 0 Å². The third kappa shape index (κ3) is 1.90. The summed E-state index contributed by atoms with van der Waals surface area (Å²) in [6.07, 6.45) is -0.444. The molecular formula is C14H11F2NO. The van der Waals surface area contributed by atoms with Gasteiger partial charge in [0.25, 0.3) is 0 Å². The van der Waals surface area contributed by atoms with Crippen LogP contribution in [0.1, 0.15) is 11.7 Å². The summed E-state index contributed by atoms with van der Waals surface area (Å²) in [4.78, 5) is 0. The van der Waals surface area contributed by atoms with Crippen LogP contribution in [0.2, 0.25) is 0 Å². The number of fused-ring (bicyclic) bond motifs is 1. The van der Waals surface area contributed by atoms with Crippen LogP contribution < -0.4 is 10.1 Å². The molecule has 0 saturated carbocycles. The Labute approximate surface area is 103 Å². The van der Waals surface area contributed by atoms with Crippen LogP contribution in [-0.4, -0.2) is 6.54 Å². The maximum atomic E-state index is 13.6. The molecular weight excluding hydrogens is 236 g/mol. The fraction of sp³-hybridized carbons (Fsp3) is 0.143. The van der Waals surface area contributed by atoms with Crippen molar-refractivity contribution < 1.29 is 13.5 Å². The van der Waals surface area contributed by atoms with E-state index in [9.17, 15) is 8.78 Å². The van der Waals surface area contributed by atoms with Gasteiger partial charge in [-0.3, -0.25) is 0 Å². The highest BCUT2D eigenvalue weighted by Crippen LogP contribution is 2.35. The Morgan fingerprint density at radius 2 is 1.94 bits per heavy atom. The molecule has 0 spiro atoms. The zero-order valence-electron chi connectivity index (χ0n) is 9.49. The van der Waals surface area contributed by atoms with Gasteiger partial charge in [0, 0.05) is 11.6 Å². The summed E-state index contributed by atoms with van der Waals surface area (Å²) in [5.41, 5.74) is 1.20. The first-order chi connectivity index (χ1) is 8.74. The van der Waals surface area contributed by atoms with Gasteiger partial charge in [0.1, 0.15) is 23.5 Å². The molecule has 0 saturated heterocycles. The SMILES string of the molecule is Fc1ccc2c(c1)OC(c1ccccc1F)CN2. The molecule has 1 heterocycles. The van der Waals surface area contributed by atoms with Gasteiger partial charge in [0.05, 0.1) is 12.2 Å². The molecule has 1 aliphatic rings. The summed E-state index contributed by atoms with van der Waals surface area (Å²) in [5, 5.41) is 3.11. The fourth-order valence-corrected chi connectivity index (χ4v) is 2.05. The highest BCUT2D eigenvalue weighted by molar-refractivity contribution is 5.58. The second-order valence-corrected chi connectivity index (χ2v) is 4.15. The summed E-state index contributed by atoms with van der Waals surface area (Å²) >= 11 is 0. The van der Waals surface area contributed by atoms with E-state index in [0.717, 1.165) is 5.69 Å². The Balaban J connectivity index is 1.93. The van der Waals surface area contributed by atoms with Crippen LogP contribution in [0.15, 0.2) is 42.5 Å². The van der Waals surface area contributed by atoms with Crippen LogP contribution in [0.4, 0.5) is 14.5 Å². The Bertz CT molecular complexity index is 586. The molecule has 1 aliphatic heterocycles. The molecule has 0 aromatic heterocycles. The van der Waals surface area contributed by atoms with Gasteiger partial charge in [-0.25, -0.2) is 8.78 Å². The second-order valence-electron chi connectivity index (χ2n) is 4.15. The van der Waals surface area contributed by atoms with Crippen molar-refractivity contribution in [1.29, 1.82) is 0 Å². The lowest BCUT2D eigenvalue weighted by atomic mass is 10.1. The molecule has 0 fully saturated rings. The van der Waals surface area contributed by atoms with Crippen LogP contribution in [-0.2, 0) is 0 Å². The highest BCUT2D eigenvalue weighted by atomic mass is 19.1.